The fourth-order valence-electron chi connectivity index (χ4n) is 2.83. The second-order valence-corrected chi connectivity index (χ2v) is 8.46. The van der Waals surface area contributed by atoms with Crippen molar-refractivity contribution in [1.82, 2.24) is 10.0 Å². The Bertz CT molecular complexity index is 1200. The van der Waals surface area contributed by atoms with E-state index < -0.39 is 28.4 Å². The molecule has 0 radical (unpaired) electrons. The average Bonchev–Trinajstić information content (AvgIpc) is 2.76. The van der Waals surface area contributed by atoms with Gasteiger partial charge in [-0.15, -0.1) is 0 Å². The molecule has 10 heteroatoms. The van der Waals surface area contributed by atoms with E-state index in [1.807, 2.05) is 0 Å². The van der Waals surface area contributed by atoms with Gasteiger partial charge in [-0.1, -0.05) is 30.3 Å². The Morgan fingerprint density at radius 1 is 0.906 bits per heavy atom. The van der Waals surface area contributed by atoms with Crippen molar-refractivity contribution < 1.29 is 31.1 Å². The first-order valence-corrected chi connectivity index (χ1v) is 10.9. The number of alkyl halides is 2. The van der Waals surface area contributed by atoms with Crippen LogP contribution < -0.4 is 14.8 Å². The molecule has 0 heterocycles. The molecule has 0 aromatic heterocycles. The Balaban J connectivity index is 1.63. The maximum atomic E-state index is 13.3. The van der Waals surface area contributed by atoms with Crippen molar-refractivity contribution in [2.45, 2.75) is 24.6 Å². The molecule has 0 fully saturated rings. The zero-order chi connectivity index (χ0) is 23.1. The minimum Gasteiger partial charge on any atom is -0.435 e. The molecule has 168 valence electrons. The van der Waals surface area contributed by atoms with Crippen LogP contribution in [-0.2, 0) is 23.1 Å². The van der Waals surface area contributed by atoms with Crippen molar-refractivity contribution in [2.75, 3.05) is 0 Å². The first kappa shape index (κ1) is 23.3. The smallest absolute Gasteiger partial charge is 0.387 e. The van der Waals surface area contributed by atoms with Gasteiger partial charge in [-0.25, -0.2) is 17.5 Å². The summed E-state index contributed by atoms with van der Waals surface area (Å²) < 4.78 is 69.7. The van der Waals surface area contributed by atoms with Gasteiger partial charge < -0.3 is 10.1 Å². The van der Waals surface area contributed by atoms with E-state index in [2.05, 4.69) is 14.8 Å². The number of ether oxygens (including phenoxy) is 1. The standard InChI is InChI=1S/C22H19F3N2O4S/c23-18-7-1-4-15(10-18)14-27-32(29,30)20-9-2-5-16(11-20)13-26-21(28)17-6-3-8-19(12-17)31-22(24)25/h1-12,22,27H,13-14H2,(H,26,28). The number of sulfonamides is 1. The van der Waals surface area contributed by atoms with E-state index in [0.717, 1.165) is 0 Å². The number of halogens is 3. The lowest BCUT2D eigenvalue weighted by molar-refractivity contribution is -0.0498. The van der Waals surface area contributed by atoms with E-state index in [1.54, 1.807) is 12.1 Å². The van der Waals surface area contributed by atoms with Gasteiger partial charge in [-0.3, -0.25) is 4.79 Å². The van der Waals surface area contributed by atoms with Gasteiger partial charge in [-0.05, 0) is 53.6 Å². The second-order valence-electron chi connectivity index (χ2n) is 6.69. The van der Waals surface area contributed by atoms with Crippen LogP contribution in [0, 0.1) is 5.82 Å². The highest BCUT2D eigenvalue weighted by molar-refractivity contribution is 7.89. The van der Waals surface area contributed by atoms with Crippen LogP contribution in [-0.4, -0.2) is 20.9 Å². The summed E-state index contributed by atoms with van der Waals surface area (Å²) in [5, 5.41) is 2.60. The third-order valence-electron chi connectivity index (χ3n) is 4.34. The van der Waals surface area contributed by atoms with Crippen molar-refractivity contribution in [3.05, 3.63) is 95.3 Å². The normalized spacial score (nSPS) is 11.4. The number of amides is 1. The molecule has 0 unspecified atom stereocenters. The predicted octanol–water partition coefficient (Wildman–Crippen LogP) is 3.84. The topological polar surface area (TPSA) is 84.5 Å². The molecule has 3 rings (SSSR count). The van der Waals surface area contributed by atoms with Crippen molar-refractivity contribution in [1.29, 1.82) is 0 Å². The summed E-state index contributed by atoms with van der Waals surface area (Å²) in [5.74, 6) is -1.15. The van der Waals surface area contributed by atoms with Crippen LogP contribution in [0.2, 0.25) is 0 Å². The summed E-state index contributed by atoms with van der Waals surface area (Å²) in [5.41, 5.74) is 1.09. The molecule has 0 bridgehead atoms. The van der Waals surface area contributed by atoms with E-state index in [-0.39, 0.29) is 29.3 Å². The molecule has 0 aliphatic carbocycles. The highest BCUT2D eigenvalue weighted by Crippen LogP contribution is 2.17. The molecular formula is C22H19F3N2O4S. The molecule has 32 heavy (non-hydrogen) atoms. The van der Waals surface area contributed by atoms with E-state index >= 15 is 0 Å². The maximum Gasteiger partial charge on any atom is 0.387 e. The largest absolute Gasteiger partial charge is 0.435 e. The summed E-state index contributed by atoms with van der Waals surface area (Å²) in [6.07, 6.45) is 0. The van der Waals surface area contributed by atoms with Gasteiger partial charge in [0.2, 0.25) is 10.0 Å². The fraction of sp³-hybridized carbons (Fsp3) is 0.136. The Hall–Kier alpha value is -3.37. The van der Waals surface area contributed by atoms with E-state index in [0.29, 0.717) is 11.1 Å². The molecule has 6 nitrogen and oxygen atoms in total. The molecule has 0 aliphatic rings. The Morgan fingerprint density at radius 2 is 1.59 bits per heavy atom. The Labute approximate surface area is 183 Å². The summed E-state index contributed by atoms with van der Waals surface area (Å²) in [6.45, 7) is -3.09. The van der Waals surface area contributed by atoms with Crippen LogP contribution >= 0.6 is 0 Å². The molecule has 2 N–H and O–H groups in total. The summed E-state index contributed by atoms with van der Waals surface area (Å²) >= 11 is 0. The van der Waals surface area contributed by atoms with Crippen LogP contribution in [0.25, 0.3) is 0 Å². The number of carbonyl (C=O) groups is 1. The second kappa shape index (κ2) is 10.3. The molecule has 1 amide bonds. The highest BCUT2D eigenvalue weighted by atomic mass is 32.2. The van der Waals surface area contributed by atoms with Crippen molar-refractivity contribution in [3.8, 4) is 5.75 Å². The number of benzene rings is 3. The summed E-state index contributed by atoms with van der Waals surface area (Å²) in [4.78, 5) is 12.3. The van der Waals surface area contributed by atoms with Crippen LogP contribution in [0.1, 0.15) is 21.5 Å². The number of hydrogen-bond donors (Lipinski definition) is 2. The monoisotopic (exact) mass is 464 g/mol. The first-order valence-electron chi connectivity index (χ1n) is 9.39. The maximum absolute atomic E-state index is 13.3. The number of hydrogen-bond acceptors (Lipinski definition) is 4. The lowest BCUT2D eigenvalue weighted by Crippen LogP contribution is -2.25. The van der Waals surface area contributed by atoms with Crippen molar-refractivity contribution in [2.24, 2.45) is 0 Å². The molecule has 0 saturated carbocycles. The van der Waals surface area contributed by atoms with Crippen molar-refractivity contribution >= 4 is 15.9 Å². The van der Waals surface area contributed by atoms with Gasteiger partial charge in [0.25, 0.3) is 5.91 Å². The highest BCUT2D eigenvalue weighted by Gasteiger charge is 2.15. The van der Waals surface area contributed by atoms with Gasteiger partial charge in [0.1, 0.15) is 11.6 Å². The van der Waals surface area contributed by atoms with Crippen molar-refractivity contribution in [3.63, 3.8) is 0 Å². The van der Waals surface area contributed by atoms with Crippen LogP contribution in [0.5, 0.6) is 5.75 Å². The first-order chi connectivity index (χ1) is 15.2. The molecular weight excluding hydrogens is 445 g/mol. The summed E-state index contributed by atoms with van der Waals surface area (Å²) in [6, 6.07) is 16.8. The minimum atomic E-state index is -3.87. The SMILES string of the molecule is O=C(NCc1cccc(S(=O)(=O)NCc2cccc(F)c2)c1)c1cccc(OC(F)F)c1. The number of rotatable bonds is 9. The van der Waals surface area contributed by atoms with Crippen LogP contribution in [0.3, 0.4) is 0 Å². The Kier molecular flexibility index (Phi) is 7.49. The van der Waals surface area contributed by atoms with Gasteiger partial charge in [0, 0.05) is 18.7 Å². The molecule has 3 aromatic rings. The predicted molar refractivity (Wildman–Crippen MR) is 111 cm³/mol. The van der Waals surface area contributed by atoms with Gasteiger partial charge in [0.05, 0.1) is 4.90 Å². The van der Waals surface area contributed by atoms with Gasteiger partial charge in [-0.2, -0.15) is 8.78 Å². The van der Waals surface area contributed by atoms with Crippen LogP contribution in [0.15, 0.2) is 77.7 Å². The Morgan fingerprint density at radius 3 is 2.31 bits per heavy atom. The zero-order valence-corrected chi connectivity index (χ0v) is 17.4. The molecule has 0 aliphatic heterocycles. The van der Waals surface area contributed by atoms with E-state index in [1.165, 1.54) is 60.7 Å². The zero-order valence-electron chi connectivity index (χ0n) is 16.6. The minimum absolute atomic E-state index is 0.00597. The molecule has 0 saturated heterocycles. The van der Waals surface area contributed by atoms with E-state index in [9.17, 15) is 26.4 Å². The third kappa shape index (κ3) is 6.56. The van der Waals surface area contributed by atoms with Crippen LogP contribution in [0.4, 0.5) is 13.2 Å². The number of carbonyl (C=O) groups excluding carboxylic acids is 1. The fourth-order valence-corrected chi connectivity index (χ4v) is 3.92. The molecule has 3 aromatic carbocycles. The molecule has 0 atom stereocenters. The quantitative estimate of drug-likeness (QED) is 0.504. The van der Waals surface area contributed by atoms with E-state index in [4.69, 9.17) is 0 Å². The summed E-state index contributed by atoms with van der Waals surface area (Å²) in [7, 11) is -3.87. The number of nitrogens with one attached hydrogen (secondary N) is 2. The average molecular weight is 464 g/mol. The van der Waals surface area contributed by atoms with Gasteiger partial charge >= 0.3 is 6.61 Å². The van der Waals surface area contributed by atoms with Gasteiger partial charge in [0.15, 0.2) is 0 Å². The third-order valence-corrected chi connectivity index (χ3v) is 5.74. The lowest BCUT2D eigenvalue weighted by Gasteiger charge is -2.10. The lowest BCUT2D eigenvalue weighted by atomic mass is 10.2. The molecule has 0 spiro atoms.